The van der Waals surface area contributed by atoms with Gasteiger partial charge in [-0.15, -0.1) is 0 Å². The summed E-state index contributed by atoms with van der Waals surface area (Å²) in [5.41, 5.74) is 0.360. The number of esters is 2. The van der Waals surface area contributed by atoms with Crippen LogP contribution in [0.25, 0.3) is 0 Å². The second-order valence-electron chi connectivity index (χ2n) is 4.68. The summed E-state index contributed by atoms with van der Waals surface area (Å²) >= 11 is 0. The van der Waals surface area contributed by atoms with E-state index in [9.17, 15) is 22.6 Å². The van der Waals surface area contributed by atoms with Gasteiger partial charge >= 0.3 is 11.9 Å². The van der Waals surface area contributed by atoms with Crippen LogP contribution in [0.2, 0.25) is 0 Å². The number of benzene rings is 1. The molecule has 0 atom stereocenters. The van der Waals surface area contributed by atoms with Crippen LogP contribution in [0.5, 0.6) is 0 Å². The summed E-state index contributed by atoms with van der Waals surface area (Å²) in [6.45, 7) is 3.76. The van der Waals surface area contributed by atoms with E-state index in [2.05, 4.69) is 0 Å². The maximum absolute atomic E-state index is 11.7. The Morgan fingerprint density at radius 1 is 1.13 bits per heavy atom. The molecule has 0 aliphatic carbocycles. The number of hydrogen-bond acceptors (Lipinski definition) is 6. The fourth-order valence-electron chi connectivity index (χ4n) is 2.00. The van der Waals surface area contributed by atoms with Crippen molar-refractivity contribution < 1.29 is 32.0 Å². The second-order valence-corrected chi connectivity index (χ2v) is 6.07. The Bertz CT molecular complexity index is 664. The van der Waals surface area contributed by atoms with Crippen LogP contribution in [-0.4, -0.2) is 38.1 Å². The summed E-state index contributed by atoms with van der Waals surface area (Å²) in [6, 6.07) is 3.93. The standard InChI is InChI=1S/C15H20O7S/c1-3-21-14(16)7-5-6-11-8-9-12(15(17)22-4-2)10-13(11)23(18,19)20/h8-10H,3-7H2,1-2H3,(H,18,19,20). The van der Waals surface area contributed by atoms with Crippen molar-refractivity contribution in [2.45, 2.75) is 38.0 Å². The number of carbonyl (C=O) groups is 2. The number of rotatable bonds is 8. The van der Waals surface area contributed by atoms with Crippen LogP contribution in [0.15, 0.2) is 23.1 Å². The third-order valence-electron chi connectivity index (χ3n) is 2.99. The zero-order chi connectivity index (χ0) is 17.5. The minimum Gasteiger partial charge on any atom is -0.466 e. The van der Waals surface area contributed by atoms with Crippen LogP contribution in [-0.2, 0) is 30.8 Å². The van der Waals surface area contributed by atoms with Gasteiger partial charge in [-0.2, -0.15) is 8.42 Å². The Hall–Kier alpha value is -1.93. The smallest absolute Gasteiger partial charge is 0.338 e. The zero-order valence-electron chi connectivity index (χ0n) is 13.1. The van der Waals surface area contributed by atoms with Gasteiger partial charge in [-0.25, -0.2) is 4.79 Å². The Labute approximate surface area is 135 Å². The van der Waals surface area contributed by atoms with E-state index >= 15 is 0 Å². The third-order valence-corrected chi connectivity index (χ3v) is 3.92. The van der Waals surface area contributed by atoms with Gasteiger partial charge in [0.2, 0.25) is 0 Å². The number of carbonyl (C=O) groups excluding carboxylic acids is 2. The summed E-state index contributed by atoms with van der Waals surface area (Å²) in [5.74, 6) is -1.04. The first-order valence-corrected chi connectivity index (χ1v) is 8.66. The minimum atomic E-state index is -4.49. The molecule has 0 fully saturated rings. The fraction of sp³-hybridized carbons (Fsp3) is 0.467. The van der Waals surface area contributed by atoms with Crippen molar-refractivity contribution in [1.82, 2.24) is 0 Å². The highest BCUT2D eigenvalue weighted by atomic mass is 32.2. The molecule has 8 heteroatoms. The molecule has 23 heavy (non-hydrogen) atoms. The average Bonchev–Trinajstić information content (AvgIpc) is 2.47. The van der Waals surface area contributed by atoms with Gasteiger partial charge < -0.3 is 9.47 Å². The van der Waals surface area contributed by atoms with Gasteiger partial charge in [0, 0.05) is 6.42 Å². The lowest BCUT2D eigenvalue weighted by molar-refractivity contribution is -0.143. The largest absolute Gasteiger partial charge is 0.466 e. The van der Waals surface area contributed by atoms with E-state index in [1.807, 2.05) is 0 Å². The molecule has 7 nitrogen and oxygen atoms in total. The van der Waals surface area contributed by atoms with Crippen molar-refractivity contribution in [3.05, 3.63) is 29.3 Å². The van der Waals surface area contributed by atoms with E-state index in [1.54, 1.807) is 13.8 Å². The van der Waals surface area contributed by atoms with Crippen molar-refractivity contribution in [2.75, 3.05) is 13.2 Å². The molecule has 0 heterocycles. The molecule has 1 aromatic rings. The first-order chi connectivity index (χ1) is 10.8. The summed E-state index contributed by atoms with van der Waals surface area (Å²) in [6.07, 6.45) is 0.746. The van der Waals surface area contributed by atoms with E-state index in [4.69, 9.17) is 9.47 Å². The molecule has 0 amide bonds. The monoisotopic (exact) mass is 344 g/mol. The van der Waals surface area contributed by atoms with Gasteiger partial charge in [-0.3, -0.25) is 9.35 Å². The summed E-state index contributed by atoms with van der Waals surface area (Å²) < 4.78 is 41.9. The Kier molecular flexibility index (Phi) is 7.18. The molecule has 0 radical (unpaired) electrons. The lowest BCUT2D eigenvalue weighted by Crippen LogP contribution is -2.10. The molecular weight excluding hydrogens is 324 g/mol. The predicted molar refractivity (Wildman–Crippen MR) is 81.8 cm³/mol. The number of aryl methyl sites for hydroxylation is 1. The van der Waals surface area contributed by atoms with Crippen LogP contribution in [0, 0.1) is 0 Å². The number of ether oxygens (including phenoxy) is 2. The Balaban J connectivity index is 2.95. The predicted octanol–water partition coefficient (Wildman–Crippen LogP) is 2.00. The fourth-order valence-corrected chi connectivity index (χ4v) is 2.78. The van der Waals surface area contributed by atoms with E-state index < -0.39 is 16.1 Å². The quantitative estimate of drug-likeness (QED) is 0.567. The summed E-state index contributed by atoms with van der Waals surface area (Å²) in [4.78, 5) is 22.6. The highest BCUT2D eigenvalue weighted by molar-refractivity contribution is 7.85. The molecule has 0 bridgehead atoms. The highest BCUT2D eigenvalue weighted by Gasteiger charge is 2.19. The van der Waals surface area contributed by atoms with Crippen LogP contribution in [0.3, 0.4) is 0 Å². The lowest BCUT2D eigenvalue weighted by atomic mass is 10.1. The zero-order valence-corrected chi connectivity index (χ0v) is 13.9. The van der Waals surface area contributed by atoms with Gasteiger partial charge in [0.15, 0.2) is 0 Å². The van der Waals surface area contributed by atoms with Gasteiger partial charge in [-0.05, 0) is 44.4 Å². The van der Waals surface area contributed by atoms with Gasteiger partial charge in [0.25, 0.3) is 10.1 Å². The van der Waals surface area contributed by atoms with Crippen LogP contribution >= 0.6 is 0 Å². The third kappa shape index (κ3) is 5.99. The topological polar surface area (TPSA) is 107 Å². The molecule has 0 unspecified atom stereocenters. The van der Waals surface area contributed by atoms with Gasteiger partial charge in [0.1, 0.15) is 0 Å². The molecule has 0 aliphatic rings. The normalized spacial score (nSPS) is 11.1. The van der Waals surface area contributed by atoms with E-state index in [0.29, 0.717) is 12.0 Å². The Morgan fingerprint density at radius 2 is 1.78 bits per heavy atom. The lowest BCUT2D eigenvalue weighted by Gasteiger charge is -2.09. The van der Waals surface area contributed by atoms with Crippen molar-refractivity contribution >= 4 is 22.1 Å². The molecule has 1 aromatic carbocycles. The molecule has 0 aliphatic heterocycles. The SMILES string of the molecule is CCOC(=O)CCCc1ccc(C(=O)OCC)cc1S(=O)(=O)O. The first-order valence-electron chi connectivity index (χ1n) is 7.22. The van der Waals surface area contributed by atoms with Crippen molar-refractivity contribution in [3.8, 4) is 0 Å². The van der Waals surface area contributed by atoms with Gasteiger partial charge in [-0.1, -0.05) is 6.07 Å². The van der Waals surface area contributed by atoms with Gasteiger partial charge in [0.05, 0.1) is 23.7 Å². The molecule has 0 spiro atoms. The molecule has 0 aromatic heterocycles. The Morgan fingerprint density at radius 3 is 2.35 bits per heavy atom. The minimum absolute atomic E-state index is 0.0358. The van der Waals surface area contributed by atoms with E-state index in [1.165, 1.54) is 12.1 Å². The van der Waals surface area contributed by atoms with E-state index in [0.717, 1.165) is 6.07 Å². The van der Waals surface area contributed by atoms with Crippen molar-refractivity contribution in [2.24, 2.45) is 0 Å². The maximum atomic E-state index is 11.7. The highest BCUT2D eigenvalue weighted by Crippen LogP contribution is 2.20. The molecular formula is C15H20O7S. The molecule has 1 rings (SSSR count). The molecule has 1 N–H and O–H groups in total. The van der Waals surface area contributed by atoms with Crippen LogP contribution in [0.4, 0.5) is 0 Å². The van der Waals surface area contributed by atoms with Crippen LogP contribution < -0.4 is 0 Å². The first kappa shape index (κ1) is 19.1. The van der Waals surface area contributed by atoms with Crippen LogP contribution in [0.1, 0.15) is 42.6 Å². The second kappa shape index (κ2) is 8.64. The molecule has 128 valence electrons. The summed E-state index contributed by atoms with van der Waals surface area (Å²) in [5, 5.41) is 0. The molecule has 0 saturated carbocycles. The maximum Gasteiger partial charge on any atom is 0.338 e. The molecule has 0 saturated heterocycles. The van der Waals surface area contributed by atoms with E-state index in [-0.39, 0.29) is 42.5 Å². The average molecular weight is 344 g/mol. The van der Waals surface area contributed by atoms with Crippen molar-refractivity contribution in [3.63, 3.8) is 0 Å². The number of hydrogen-bond donors (Lipinski definition) is 1. The summed E-state index contributed by atoms with van der Waals surface area (Å²) in [7, 11) is -4.49. The van der Waals surface area contributed by atoms with Crippen molar-refractivity contribution in [1.29, 1.82) is 0 Å².